The molecule has 0 amide bonds. The van der Waals surface area contributed by atoms with E-state index >= 15 is 0 Å². The number of anilines is 1. The summed E-state index contributed by atoms with van der Waals surface area (Å²) in [5.74, 6) is 0. The maximum absolute atomic E-state index is 5.51. The molecular weight excluding hydrogens is 308 g/mol. The highest BCUT2D eigenvalue weighted by Crippen LogP contribution is 2.20. The van der Waals surface area contributed by atoms with Gasteiger partial charge in [-0.2, -0.15) is 0 Å². The van der Waals surface area contributed by atoms with E-state index in [1.807, 2.05) is 0 Å². The van der Waals surface area contributed by atoms with Crippen LogP contribution in [-0.2, 0) is 12.8 Å². The van der Waals surface area contributed by atoms with Gasteiger partial charge in [0.2, 0.25) is 0 Å². The fourth-order valence-corrected chi connectivity index (χ4v) is 2.79. The summed E-state index contributed by atoms with van der Waals surface area (Å²) in [7, 11) is 0. The van der Waals surface area contributed by atoms with Crippen LogP contribution in [0.15, 0.2) is 67.0 Å². The number of benzene rings is 2. The second kappa shape index (κ2) is 8.94. The number of aromatic nitrogens is 2. The van der Waals surface area contributed by atoms with E-state index < -0.39 is 0 Å². The van der Waals surface area contributed by atoms with Crippen molar-refractivity contribution in [1.29, 1.82) is 0 Å². The molecule has 2 aromatic carbocycles. The van der Waals surface area contributed by atoms with Gasteiger partial charge in [-0.25, -0.2) is 9.97 Å². The zero-order valence-electron chi connectivity index (χ0n) is 14.4. The van der Waals surface area contributed by atoms with Crippen molar-refractivity contribution in [2.45, 2.75) is 19.3 Å². The van der Waals surface area contributed by atoms with Crippen molar-refractivity contribution in [1.82, 2.24) is 9.97 Å². The Labute approximate surface area is 149 Å². The Hall–Kier alpha value is -2.72. The topological polar surface area (TPSA) is 63.8 Å². The molecule has 0 bridgehead atoms. The van der Waals surface area contributed by atoms with Crippen LogP contribution >= 0.6 is 0 Å². The lowest BCUT2D eigenvalue weighted by Gasteiger charge is -2.07. The Morgan fingerprint density at radius 3 is 2.44 bits per heavy atom. The predicted octanol–water partition coefficient (Wildman–Crippen LogP) is 3.69. The van der Waals surface area contributed by atoms with Crippen LogP contribution < -0.4 is 11.1 Å². The van der Waals surface area contributed by atoms with Crippen molar-refractivity contribution in [3.8, 4) is 11.3 Å². The molecule has 4 nitrogen and oxygen atoms in total. The zero-order chi connectivity index (χ0) is 17.3. The largest absolute Gasteiger partial charge is 0.384 e. The van der Waals surface area contributed by atoms with Crippen molar-refractivity contribution >= 4 is 5.69 Å². The van der Waals surface area contributed by atoms with Crippen molar-refractivity contribution in [2.24, 2.45) is 5.73 Å². The van der Waals surface area contributed by atoms with Crippen LogP contribution in [0, 0.1) is 0 Å². The third-order valence-electron chi connectivity index (χ3n) is 4.12. The van der Waals surface area contributed by atoms with E-state index in [0.29, 0.717) is 6.54 Å². The van der Waals surface area contributed by atoms with Crippen LogP contribution in [0.5, 0.6) is 0 Å². The van der Waals surface area contributed by atoms with Gasteiger partial charge in [0.15, 0.2) is 0 Å². The van der Waals surface area contributed by atoms with Gasteiger partial charge in [-0.3, -0.25) is 0 Å². The molecule has 3 rings (SSSR count). The third-order valence-corrected chi connectivity index (χ3v) is 4.12. The molecule has 0 aliphatic rings. The van der Waals surface area contributed by atoms with Gasteiger partial charge in [-0.15, -0.1) is 0 Å². The highest BCUT2D eigenvalue weighted by atomic mass is 14.9. The molecule has 3 aromatic rings. The van der Waals surface area contributed by atoms with E-state index in [1.165, 1.54) is 5.56 Å². The second-order valence-electron chi connectivity index (χ2n) is 6.03. The first-order valence-corrected chi connectivity index (χ1v) is 8.74. The summed E-state index contributed by atoms with van der Waals surface area (Å²) in [6.45, 7) is 1.40. The van der Waals surface area contributed by atoms with Gasteiger partial charge in [-0.05, 0) is 43.0 Å². The molecule has 0 aliphatic carbocycles. The summed E-state index contributed by atoms with van der Waals surface area (Å²) in [6.07, 6.45) is 4.78. The van der Waals surface area contributed by atoms with E-state index in [2.05, 4.69) is 75.9 Å². The summed E-state index contributed by atoms with van der Waals surface area (Å²) in [4.78, 5) is 8.83. The minimum Gasteiger partial charge on any atom is -0.384 e. The Morgan fingerprint density at radius 1 is 0.880 bits per heavy atom. The zero-order valence-corrected chi connectivity index (χ0v) is 14.4. The lowest BCUT2D eigenvalue weighted by molar-refractivity contribution is 0.795. The van der Waals surface area contributed by atoms with Crippen LogP contribution in [0.3, 0.4) is 0 Å². The number of nitrogens with zero attached hydrogens (tertiary/aromatic N) is 2. The van der Waals surface area contributed by atoms with Crippen molar-refractivity contribution in [3.63, 3.8) is 0 Å². The molecule has 128 valence electrons. The molecule has 0 unspecified atom stereocenters. The predicted molar refractivity (Wildman–Crippen MR) is 103 cm³/mol. The van der Waals surface area contributed by atoms with Gasteiger partial charge in [0.05, 0.1) is 5.69 Å². The van der Waals surface area contributed by atoms with Crippen molar-refractivity contribution in [2.75, 3.05) is 18.4 Å². The van der Waals surface area contributed by atoms with Gasteiger partial charge >= 0.3 is 0 Å². The second-order valence-corrected chi connectivity index (χ2v) is 6.03. The van der Waals surface area contributed by atoms with Crippen LogP contribution in [0.25, 0.3) is 11.3 Å². The fraction of sp³-hybridized carbons (Fsp3) is 0.238. The molecular formula is C21H24N4. The Balaban J connectivity index is 1.61. The fourth-order valence-electron chi connectivity index (χ4n) is 2.79. The molecule has 3 N–H and O–H groups in total. The number of hydrogen-bond acceptors (Lipinski definition) is 4. The van der Waals surface area contributed by atoms with Gasteiger partial charge in [0.25, 0.3) is 0 Å². The molecule has 0 radical (unpaired) electrons. The Morgan fingerprint density at radius 2 is 1.68 bits per heavy atom. The van der Waals surface area contributed by atoms with Crippen molar-refractivity contribution in [3.05, 3.63) is 78.2 Å². The lowest BCUT2D eigenvalue weighted by Crippen LogP contribution is -2.12. The summed E-state index contributed by atoms with van der Waals surface area (Å²) in [6, 6.07) is 20.9. The van der Waals surface area contributed by atoms with Crippen LogP contribution in [0.2, 0.25) is 0 Å². The molecule has 1 aromatic heterocycles. The summed E-state index contributed by atoms with van der Waals surface area (Å²) in [5.41, 5.74) is 11.1. The SMILES string of the molecule is NCCNc1ccc(-c2cc(CCCc3ccccc3)ncn2)cc1. The molecule has 0 aliphatic heterocycles. The molecule has 4 heteroatoms. The highest BCUT2D eigenvalue weighted by Gasteiger charge is 2.03. The van der Waals surface area contributed by atoms with Gasteiger partial charge < -0.3 is 11.1 Å². The highest BCUT2D eigenvalue weighted by molar-refractivity contribution is 5.62. The third kappa shape index (κ3) is 5.13. The summed E-state index contributed by atoms with van der Waals surface area (Å²) < 4.78 is 0. The van der Waals surface area contributed by atoms with Crippen LogP contribution in [0.1, 0.15) is 17.7 Å². The van der Waals surface area contributed by atoms with Gasteiger partial charge in [-0.1, -0.05) is 42.5 Å². The first-order chi connectivity index (χ1) is 12.3. The standard InChI is InChI=1S/C21H24N4/c22-13-14-23-19-11-9-18(10-12-19)21-15-20(24-16-25-21)8-4-7-17-5-2-1-3-6-17/h1-3,5-6,9-12,15-16,23H,4,7-8,13-14,22H2. The smallest absolute Gasteiger partial charge is 0.116 e. The average molecular weight is 332 g/mol. The minimum absolute atomic E-state index is 0.625. The van der Waals surface area contributed by atoms with E-state index in [1.54, 1.807) is 6.33 Å². The van der Waals surface area contributed by atoms with Gasteiger partial charge in [0.1, 0.15) is 6.33 Å². The Bertz CT molecular complexity index is 769. The number of rotatable bonds is 8. The number of nitrogens with one attached hydrogen (secondary N) is 1. The summed E-state index contributed by atoms with van der Waals surface area (Å²) >= 11 is 0. The monoisotopic (exact) mass is 332 g/mol. The molecule has 0 atom stereocenters. The number of nitrogens with two attached hydrogens (primary N) is 1. The molecule has 0 saturated carbocycles. The maximum Gasteiger partial charge on any atom is 0.116 e. The number of hydrogen-bond donors (Lipinski definition) is 2. The molecule has 0 fully saturated rings. The van der Waals surface area contributed by atoms with E-state index in [0.717, 1.165) is 48.4 Å². The molecule has 0 spiro atoms. The molecule has 25 heavy (non-hydrogen) atoms. The lowest BCUT2D eigenvalue weighted by atomic mass is 10.1. The molecule has 0 saturated heterocycles. The van der Waals surface area contributed by atoms with Crippen LogP contribution in [-0.4, -0.2) is 23.1 Å². The first-order valence-electron chi connectivity index (χ1n) is 8.74. The van der Waals surface area contributed by atoms with E-state index in [-0.39, 0.29) is 0 Å². The minimum atomic E-state index is 0.625. The van der Waals surface area contributed by atoms with Crippen LogP contribution in [0.4, 0.5) is 5.69 Å². The van der Waals surface area contributed by atoms with Crippen molar-refractivity contribution < 1.29 is 0 Å². The van der Waals surface area contributed by atoms with E-state index in [9.17, 15) is 0 Å². The number of aryl methyl sites for hydroxylation is 2. The Kier molecular flexibility index (Phi) is 6.12. The quantitative estimate of drug-likeness (QED) is 0.660. The van der Waals surface area contributed by atoms with Gasteiger partial charge in [0, 0.05) is 30.0 Å². The first kappa shape index (κ1) is 17.1. The normalized spacial score (nSPS) is 10.6. The summed E-state index contributed by atoms with van der Waals surface area (Å²) in [5, 5.41) is 3.27. The average Bonchev–Trinajstić information content (AvgIpc) is 2.68. The maximum atomic E-state index is 5.51. The van der Waals surface area contributed by atoms with E-state index in [4.69, 9.17) is 5.73 Å². The molecule has 1 heterocycles.